The maximum Gasteiger partial charge on any atom is 0.250 e. The summed E-state index contributed by atoms with van der Waals surface area (Å²) in [5.74, 6) is 4.08. The average Bonchev–Trinajstić information content (AvgIpc) is 3.29. The van der Waals surface area contributed by atoms with Crippen LogP contribution in [0.25, 0.3) is 24.3 Å². The minimum atomic E-state index is -2.13. The molecule has 0 aromatic heterocycles. The van der Waals surface area contributed by atoms with E-state index in [4.69, 9.17) is 47.5 Å². The Labute approximate surface area is 404 Å². The molecular formula is C53H70O13Si2. The Morgan fingerprint density at radius 3 is 1.15 bits per heavy atom. The molecule has 0 aliphatic carbocycles. The van der Waals surface area contributed by atoms with E-state index in [0.29, 0.717) is 46.3 Å². The Morgan fingerprint density at radius 2 is 0.779 bits per heavy atom. The second-order valence-electron chi connectivity index (χ2n) is 18.5. The standard InChI is InChI=1S/C29H46O5Si2.C17H18O5.C7H6O3/c1-28(2,3)35(10,11)33-23-16-14-15-22(26(23)34-36(12,13)29(4,5)6)18-17-21-19-24(30-7)27(32-9)25(20-21)31-8;1-20-14-9-11(10-15(21-2)17(14)22-3)7-8-12-5-4-6-13(18)16(12)19;8-4-5-2-1-3-6(9)7(5)10/h14-20H,1-13H3;4-10,18-19H,1-3H3;1-4,9-10H/b18-17-;8-7-;. The van der Waals surface area contributed by atoms with Crippen LogP contribution in [0.15, 0.2) is 78.9 Å². The van der Waals surface area contributed by atoms with Crippen molar-refractivity contribution < 1.29 is 62.5 Å². The van der Waals surface area contributed by atoms with Crippen LogP contribution in [0.1, 0.15) is 74.2 Å². The van der Waals surface area contributed by atoms with E-state index in [1.165, 1.54) is 24.3 Å². The van der Waals surface area contributed by atoms with Crippen LogP contribution in [0.2, 0.25) is 36.3 Å². The molecule has 0 amide bonds. The van der Waals surface area contributed by atoms with Crippen molar-refractivity contribution in [2.24, 2.45) is 0 Å². The molecule has 15 heteroatoms. The minimum Gasteiger partial charge on any atom is -0.541 e. The molecule has 0 spiro atoms. The summed E-state index contributed by atoms with van der Waals surface area (Å²) >= 11 is 0. The molecule has 0 atom stereocenters. The monoisotopic (exact) mass is 970 g/mol. The van der Waals surface area contributed by atoms with Gasteiger partial charge in [0.15, 0.2) is 58.0 Å². The highest BCUT2D eigenvalue weighted by Gasteiger charge is 2.42. The van der Waals surface area contributed by atoms with Gasteiger partial charge in [-0.1, -0.05) is 96.2 Å². The number of carbonyl (C=O) groups excluding carboxylic acids is 1. The molecule has 0 aliphatic rings. The second kappa shape index (κ2) is 23.8. The van der Waals surface area contributed by atoms with E-state index in [-0.39, 0.29) is 38.6 Å². The summed E-state index contributed by atoms with van der Waals surface area (Å²) in [6.07, 6.45) is 8.06. The number of benzene rings is 5. The predicted molar refractivity (Wildman–Crippen MR) is 277 cm³/mol. The number of rotatable bonds is 15. The highest BCUT2D eigenvalue weighted by Crippen LogP contribution is 2.46. The number of ether oxygens (including phenoxy) is 6. The summed E-state index contributed by atoms with van der Waals surface area (Å²) in [6.45, 7) is 22.6. The quantitative estimate of drug-likeness (QED) is 0.0338. The molecule has 0 aliphatic heterocycles. The van der Waals surface area contributed by atoms with Crippen LogP contribution >= 0.6 is 0 Å². The maximum atomic E-state index is 10.1. The smallest absolute Gasteiger partial charge is 0.250 e. The molecule has 0 unspecified atom stereocenters. The Bertz CT molecular complexity index is 2480. The molecule has 5 aromatic rings. The van der Waals surface area contributed by atoms with Crippen LogP contribution in [-0.2, 0) is 0 Å². The summed E-state index contributed by atoms with van der Waals surface area (Å²) in [4.78, 5) is 10.1. The number of phenolic OH excluding ortho intramolecular Hbond substituents is 4. The molecule has 0 fully saturated rings. The fourth-order valence-electron chi connectivity index (χ4n) is 5.78. The van der Waals surface area contributed by atoms with Gasteiger partial charge < -0.3 is 57.7 Å². The van der Waals surface area contributed by atoms with Crippen molar-refractivity contribution in [3.63, 3.8) is 0 Å². The zero-order valence-corrected chi connectivity index (χ0v) is 44.4. The first-order chi connectivity index (χ1) is 31.8. The summed E-state index contributed by atoms with van der Waals surface area (Å²) in [6, 6.07) is 22.6. The van der Waals surface area contributed by atoms with E-state index in [1.54, 1.807) is 79.1 Å². The number of hydrogen-bond donors (Lipinski definition) is 4. The Kier molecular flexibility index (Phi) is 19.5. The van der Waals surface area contributed by atoms with Crippen LogP contribution in [0.5, 0.6) is 69.0 Å². The molecule has 5 rings (SSSR count). The third kappa shape index (κ3) is 14.2. The molecule has 368 valence electrons. The van der Waals surface area contributed by atoms with E-state index in [2.05, 4.69) is 79.9 Å². The van der Waals surface area contributed by atoms with Crippen molar-refractivity contribution in [1.29, 1.82) is 0 Å². The zero-order chi connectivity index (χ0) is 51.2. The van der Waals surface area contributed by atoms with Gasteiger partial charge in [0.1, 0.15) is 5.75 Å². The number of aldehydes is 1. The summed E-state index contributed by atoms with van der Waals surface area (Å²) in [5, 5.41) is 37.1. The molecule has 5 aromatic carbocycles. The lowest BCUT2D eigenvalue weighted by Gasteiger charge is -2.40. The molecule has 4 N–H and O–H groups in total. The van der Waals surface area contributed by atoms with Gasteiger partial charge in [-0.3, -0.25) is 4.79 Å². The third-order valence-electron chi connectivity index (χ3n) is 11.8. The van der Waals surface area contributed by atoms with E-state index in [0.717, 1.165) is 28.2 Å². The summed E-state index contributed by atoms with van der Waals surface area (Å²) in [5.41, 5.74) is 3.31. The van der Waals surface area contributed by atoms with Crippen molar-refractivity contribution >= 4 is 47.2 Å². The molecule has 0 heterocycles. The summed E-state index contributed by atoms with van der Waals surface area (Å²) < 4.78 is 46.1. The van der Waals surface area contributed by atoms with Crippen LogP contribution in [0.3, 0.4) is 0 Å². The summed E-state index contributed by atoms with van der Waals surface area (Å²) in [7, 11) is 5.27. The lowest BCUT2D eigenvalue weighted by molar-refractivity contribution is 0.112. The van der Waals surface area contributed by atoms with Gasteiger partial charge in [-0.05, 0) is 95.9 Å². The number of methoxy groups -OCH3 is 6. The molecule has 13 nitrogen and oxygen atoms in total. The number of hydrogen-bond acceptors (Lipinski definition) is 13. The van der Waals surface area contributed by atoms with Gasteiger partial charge in [-0.15, -0.1) is 0 Å². The molecular weight excluding hydrogens is 901 g/mol. The van der Waals surface area contributed by atoms with E-state index < -0.39 is 16.6 Å². The largest absolute Gasteiger partial charge is 0.541 e. The first-order valence-corrected chi connectivity index (χ1v) is 27.6. The van der Waals surface area contributed by atoms with Crippen LogP contribution in [0.4, 0.5) is 0 Å². The van der Waals surface area contributed by atoms with Crippen molar-refractivity contribution in [3.8, 4) is 69.0 Å². The van der Waals surface area contributed by atoms with E-state index >= 15 is 0 Å². The number of carbonyl (C=O) groups is 1. The van der Waals surface area contributed by atoms with Gasteiger partial charge >= 0.3 is 0 Å². The molecule has 0 saturated carbocycles. The fraction of sp³-hybridized carbons (Fsp3) is 0.340. The van der Waals surface area contributed by atoms with Crippen molar-refractivity contribution in [3.05, 3.63) is 107 Å². The normalized spacial score (nSPS) is 11.7. The zero-order valence-electron chi connectivity index (χ0n) is 42.4. The number of aromatic hydroxyl groups is 4. The maximum absolute atomic E-state index is 10.1. The Hall–Kier alpha value is -6.72. The van der Waals surface area contributed by atoms with Crippen molar-refractivity contribution in [2.45, 2.75) is 77.8 Å². The van der Waals surface area contributed by atoms with Gasteiger partial charge in [-0.2, -0.15) is 0 Å². The van der Waals surface area contributed by atoms with Gasteiger partial charge in [0.25, 0.3) is 16.6 Å². The minimum absolute atomic E-state index is 0.0504. The lowest BCUT2D eigenvalue weighted by atomic mass is 10.1. The lowest BCUT2D eigenvalue weighted by Crippen LogP contribution is -2.46. The topological polar surface area (TPSA) is 172 Å². The number of phenols is 4. The van der Waals surface area contributed by atoms with Gasteiger partial charge in [0.05, 0.1) is 48.2 Å². The number of para-hydroxylation sites is 3. The third-order valence-corrected chi connectivity index (χ3v) is 20.5. The highest BCUT2D eigenvalue weighted by molar-refractivity contribution is 6.75. The van der Waals surface area contributed by atoms with E-state index in [1.807, 2.05) is 30.3 Å². The van der Waals surface area contributed by atoms with E-state index in [9.17, 15) is 15.0 Å². The molecule has 0 saturated heterocycles. The van der Waals surface area contributed by atoms with Crippen LogP contribution < -0.4 is 37.3 Å². The Morgan fingerprint density at radius 1 is 0.426 bits per heavy atom. The first-order valence-electron chi connectivity index (χ1n) is 21.8. The van der Waals surface area contributed by atoms with Gasteiger partial charge in [-0.25, -0.2) is 0 Å². The second-order valence-corrected chi connectivity index (χ2v) is 28.0. The van der Waals surface area contributed by atoms with Crippen LogP contribution in [0, 0.1) is 0 Å². The van der Waals surface area contributed by atoms with Gasteiger partial charge in [0.2, 0.25) is 11.5 Å². The SMILES string of the molecule is COc1cc(/C=C\c2cccc(O)c2O)cc(OC)c1OC.COc1cc(/C=C\c2cccc(O[Si](C)(C)C(C)(C)C)c2O[Si](C)(C)C(C)(C)C)cc(OC)c1OC.O=Cc1cccc(O)c1O. The highest BCUT2D eigenvalue weighted by atomic mass is 28.4. The van der Waals surface area contributed by atoms with Gasteiger partial charge in [0, 0.05) is 11.1 Å². The van der Waals surface area contributed by atoms with Crippen molar-refractivity contribution in [1.82, 2.24) is 0 Å². The predicted octanol–water partition coefficient (Wildman–Crippen LogP) is 12.9. The first kappa shape index (κ1) is 55.6. The van der Waals surface area contributed by atoms with Crippen molar-refractivity contribution in [2.75, 3.05) is 42.7 Å². The average molecular weight is 971 g/mol. The molecule has 0 radical (unpaired) electrons. The molecule has 0 bridgehead atoms. The fourth-order valence-corrected chi connectivity index (χ4v) is 7.84. The molecule has 68 heavy (non-hydrogen) atoms. The van der Waals surface area contributed by atoms with Crippen LogP contribution in [-0.4, -0.2) is 86.0 Å². The Balaban J connectivity index is 0.000000320.